The van der Waals surface area contributed by atoms with Gasteiger partial charge >= 0.3 is 5.97 Å². The van der Waals surface area contributed by atoms with Crippen molar-refractivity contribution in [2.24, 2.45) is 11.8 Å². The molecule has 2 rings (SSSR count). The maximum atomic E-state index is 12.5. The highest BCUT2D eigenvalue weighted by atomic mass is 16.5. The Hall–Kier alpha value is -1.39. The predicted molar refractivity (Wildman–Crippen MR) is 84.0 cm³/mol. The van der Waals surface area contributed by atoms with E-state index in [1.54, 1.807) is 0 Å². The number of carbonyl (C=O) groups excluding carboxylic acids is 1. The highest BCUT2D eigenvalue weighted by molar-refractivity contribution is 5.83. The number of hydrogen-bond donors (Lipinski definition) is 1. The van der Waals surface area contributed by atoms with Gasteiger partial charge in [-0.3, -0.25) is 4.90 Å². The third-order valence-corrected chi connectivity index (χ3v) is 4.75. The van der Waals surface area contributed by atoms with Crippen LogP contribution >= 0.6 is 0 Å². The molecule has 0 aliphatic carbocycles. The van der Waals surface area contributed by atoms with Crippen molar-refractivity contribution in [3.8, 4) is 0 Å². The minimum Gasteiger partial charge on any atom is -0.467 e. The fourth-order valence-electron chi connectivity index (χ4n) is 3.21. The Morgan fingerprint density at radius 3 is 2.33 bits per heavy atom. The van der Waals surface area contributed by atoms with Gasteiger partial charge in [-0.15, -0.1) is 0 Å². The van der Waals surface area contributed by atoms with Gasteiger partial charge < -0.3 is 10.1 Å². The lowest BCUT2D eigenvalue weighted by Crippen LogP contribution is -2.55. The minimum atomic E-state index is -0.806. The van der Waals surface area contributed by atoms with Gasteiger partial charge in [-0.25, -0.2) is 4.79 Å². The SMILES string of the molecule is CNC(CN1CC(C)C(C)C1)(C(=O)OC)c1ccccc1. The molecule has 0 saturated carbocycles. The molecule has 4 heteroatoms. The Kier molecular flexibility index (Phi) is 5.01. The van der Waals surface area contributed by atoms with E-state index in [2.05, 4.69) is 24.1 Å². The normalized spacial score (nSPS) is 25.5. The van der Waals surface area contributed by atoms with E-state index < -0.39 is 5.54 Å². The summed E-state index contributed by atoms with van der Waals surface area (Å²) in [5.74, 6) is 1.09. The second-order valence-electron chi connectivity index (χ2n) is 6.16. The van der Waals surface area contributed by atoms with E-state index in [0.717, 1.165) is 18.7 Å². The fourth-order valence-corrected chi connectivity index (χ4v) is 3.21. The number of nitrogens with zero attached hydrogens (tertiary/aromatic N) is 1. The molecule has 0 bridgehead atoms. The van der Waals surface area contributed by atoms with Crippen LogP contribution in [0.3, 0.4) is 0 Å². The fraction of sp³-hybridized carbons (Fsp3) is 0.588. The molecule has 1 fully saturated rings. The minimum absolute atomic E-state index is 0.233. The van der Waals surface area contributed by atoms with E-state index in [-0.39, 0.29) is 5.97 Å². The molecule has 3 atom stereocenters. The van der Waals surface area contributed by atoms with E-state index in [1.807, 2.05) is 37.4 Å². The summed E-state index contributed by atoms with van der Waals surface area (Å²) in [5, 5.41) is 3.22. The van der Waals surface area contributed by atoms with E-state index >= 15 is 0 Å². The predicted octanol–water partition coefficient (Wildman–Crippen LogP) is 1.86. The number of nitrogens with one attached hydrogen (secondary N) is 1. The zero-order valence-corrected chi connectivity index (χ0v) is 13.4. The Labute approximate surface area is 127 Å². The summed E-state index contributed by atoms with van der Waals surface area (Å²) >= 11 is 0. The Bertz CT molecular complexity index is 467. The molecule has 0 radical (unpaired) electrons. The van der Waals surface area contributed by atoms with Crippen LogP contribution in [0.5, 0.6) is 0 Å². The summed E-state index contributed by atoms with van der Waals surface area (Å²) in [6.07, 6.45) is 0. The first-order valence-corrected chi connectivity index (χ1v) is 7.58. The third-order valence-electron chi connectivity index (χ3n) is 4.75. The van der Waals surface area contributed by atoms with Crippen molar-refractivity contribution in [3.63, 3.8) is 0 Å². The first-order valence-electron chi connectivity index (χ1n) is 7.58. The number of likely N-dealkylation sites (N-methyl/N-ethyl adjacent to an activating group) is 1. The average molecular weight is 290 g/mol. The molecular formula is C17H26N2O2. The van der Waals surface area contributed by atoms with Crippen LogP contribution in [0.4, 0.5) is 0 Å². The number of esters is 1. The van der Waals surface area contributed by atoms with Gasteiger partial charge in [0.2, 0.25) is 0 Å². The summed E-state index contributed by atoms with van der Waals surface area (Å²) in [6.45, 7) is 7.22. The maximum absolute atomic E-state index is 12.5. The molecule has 21 heavy (non-hydrogen) atoms. The molecule has 4 nitrogen and oxygen atoms in total. The molecule has 116 valence electrons. The van der Waals surface area contributed by atoms with Crippen molar-refractivity contribution < 1.29 is 9.53 Å². The third kappa shape index (κ3) is 3.11. The smallest absolute Gasteiger partial charge is 0.332 e. The molecule has 1 heterocycles. The van der Waals surface area contributed by atoms with E-state index in [4.69, 9.17) is 4.74 Å². The van der Waals surface area contributed by atoms with Crippen molar-refractivity contribution in [1.29, 1.82) is 0 Å². The van der Waals surface area contributed by atoms with Crippen LogP contribution < -0.4 is 5.32 Å². The first kappa shape index (κ1) is 16.0. The number of benzene rings is 1. The van der Waals surface area contributed by atoms with Gasteiger partial charge in [0.25, 0.3) is 0 Å². The summed E-state index contributed by atoms with van der Waals surface area (Å²) < 4.78 is 5.10. The number of carbonyl (C=O) groups is 1. The monoisotopic (exact) mass is 290 g/mol. The second-order valence-corrected chi connectivity index (χ2v) is 6.16. The number of rotatable bonds is 5. The number of ether oxygens (including phenoxy) is 1. The Morgan fingerprint density at radius 2 is 1.86 bits per heavy atom. The lowest BCUT2D eigenvalue weighted by Gasteiger charge is -2.35. The molecule has 0 aromatic heterocycles. The molecule has 1 aliphatic rings. The van der Waals surface area contributed by atoms with Crippen LogP contribution in [0.2, 0.25) is 0 Å². The molecule has 1 N–H and O–H groups in total. The molecule has 1 aromatic carbocycles. The molecule has 0 amide bonds. The summed E-state index contributed by atoms with van der Waals surface area (Å²) in [4.78, 5) is 14.9. The van der Waals surface area contributed by atoms with Crippen LogP contribution in [-0.2, 0) is 15.1 Å². The standard InChI is InChI=1S/C17H26N2O2/c1-13-10-19(11-14(13)2)12-17(18-3,16(20)21-4)15-8-6-5-7-9-15/h5-9,13-14,18H,10-12H2,1-4H3. The number of likely N-dealkylation sites (tertiary alicyclic amines) is 1. The van der Waals surface area contributed by atoms with Crippen LogP contribution in [-0.4, -0.2) is 44.7 Å². The van der Waals surface area contributed by atoms with Crippen molar-refractivity contribution in [2.45, 2.75) is 19.4 Å². The Morgan fingerprint density at radius 1 is 1.29 bits per heavy atom. The lowest BCUT2D eigenvalue weighted by atomic mass is 9.89. The van der Waals surface area contributed by atoms with E-state index in [9.17, 15) is 4.79 Å². The van der Waals surface area contributed by atoms with Gasteiger partial charge in [0.1, 0.15) is 0 Å². The van der Waals surface area contributed by atoms with Crippen molar-refractivity contribution in [3.05, 3.63) is 35.9 Å². The van der Waals surface area contributed by atoms with Crippen LogP contribution in [0, 0.1) is 11.8 Å². The van der Waals surface area contributed by atoms with Crippen molar-refractivity contribution >= 4 is 5.97 Å². The van der Waals surface area contributed by atoms with Crippen LogP contribution in [0.1, 0.15) is 19.4 Å². The largest absolute Gasteiger partial charge is 0.467 e. The van der Waals surface area contributed by atoms with Gasteiger partial charge in [-0.05, 0) is 24.4 Å². The zero-order chi connectivity index (χ0) is 15.5. The van der Waals surface area contributed by atoms with Gasteiger partial charge in [0.15, 0.2) is 5.54 Å². The van der Waals surface area contributed by atoms with Crippen molar-refractivity contribution in [1.82, 2.24) is 10.2 Å². The molecule has 0 spiro atoms. The van der Waals surface area contributed by atoms with E-state index in [1.165, 1.54) is 7.11 Å². The van der Waals surface area contributed by atoms with Crippen LogP contribution in [0.25, 0.3) is 0 Å². The topological polar surface area (TPSA) is 41.6 Å². The maximum Gasteiger partial charge on any atom is 0.332 e. The highest BCUT2D eigenvalue weighted by Gasteiger charge is 2.43. The second kappa shape index (κ2) is 6.58. The molecular weight excluding hydrogens is 264 g/mol. The molecule has 1 saturated heterocycles. The number of hydrogen-bond acceptors (Lipinski definition) is 4. The van der Waals surface area contributed by atoms with Gasteiger partial charge in [-0.1, -0.05) is 44.2 Å². The quantitative estimate of drug-likeness (QED) is 0.841. The van der Waals surface area contributed by atoms with E-state index in [0.29, 0.717) is 18.4 Å². The highest BCUT2D eigenvalue weighted by Crippen LogP contribution is 2.29. The summed E-state index contributed by atoms with van der Waals surface area (Å²) in [7, 11) is 3.28. The van der Waals surface area contributed by atoms with Gasteiger partial charge in [0.05, 0.1) is 7.11 Å². The lowest BCUT2D eigenvalue weighted by molar-refractivity contribution is -0.149. The average Bonchev–Trinajstić information content (AvgIpc) is 2.83. The van der Waals surface area contributed by atoms with Crippen molar-refractivity contribution in [2.75, 3.05) is 33.8 Å². The molecule has 3 unspecified atom stereocenters. The van der Waals surface area contributed by atoms with Gasteiger partial charge in [0, 0.05) is 19.6 Å². The Balaban J connectivity index is 2.30. The first-order chi connectivity index (χ1) is 10.0. The van der Waals surface area contributed by atoms with Crippen LogP contribution in [0.15, 0.2) is 30.3 Å². The summed E-state index contributed by atoms with van der Waals surface area (Å²) in [6, 6.07) is 9.84. The summed E-state index contributed by atoms with van der Waals surface area (Å²) in [5.41, 5.74) is 0.145. The molecule has 1 aromatic rings. The zero-order valence-electron chi connectivity index (χ0n) is 13.4. The molecule has 1 aliphatic heterocycles. The van der Waals surface area contributed by atoms with Gasteiger partial charge in [-0.2, -0.15) is 0 Å². The number of methoxy groups -OCH3 is 1.